The smallest absolute Gasteiger partial charge is 0.0203 e. The van der Waals surface area contributed by atoms with Crippen LogP contribution in [0.15, 0.2) is 12.2 Å². The van der Waals surface area contributed by atoms with Crippen LogP contribution in [0.1, 0.15) is 46.5 Å². The molecular formula is C17H33N3. The van der Waals surface area contributed by atoms with Crippen LogP contribution in [0, 0.1) is 0 Å². The van der Waals surface area contributed by atoms with Gasteiger partial charge in [0.15, 0.2) is 0 Å². The maximum absolute atomic E-state index is 4.23. The normalized spacial score (nSPS) is 23.4. The average molecular weight is 279 g/mol. The highest BCUT2D eigenvalue weighted by atomic mass is 15.3. The first-order valence-corrected chi connectivity index (χ1v) is 8.32. The van der Waals surface area contributed by atoms with E-state index in [1.54, 1.807) is 0 Å². The predicted molar refractivity (Wildman–Crippen MR) is 87.2 cm³/mol. The zero-order valence-corrected chi connectivity index (χ0v) is 13.7. The van der Waals surface area contributed by atoms with E-state index in [1.807, 2.05) is 0 Å². The van der Waals surface area contributed by atoms with Gasteiger partial charge in [-0.2, -0.15) is 0 Å². The van der Waals surface area contributed by atoms with Gasteiger partial charge in [-0.25, -0.2) is 0 Å². The Kier molecular flexibility index (Phi) is 5.65. The molecule has 1 heterocycles. The summed E-state index contributed by atoms with van der Waals surface area (Å²) in [6.07, 6.45) is 5.75. The molecule has 0 spiro atoms. The molecule has 1 aliphatic heterocycles. The highest BCUT2D eigenvalue weighted by Gasteiger charge is 2.26. The van der Waals surface area contributed by atoms with Gasteiger partial charge in [0.05, 0.1) is 0 Å². The predicted octanol–water partition coefficient (Wildman–Crippen LogP) is 2.49. The Morgan fingerprint density at radius 1 is 1.10 bits per heavy atom. The Morgan fingerprint density at radius 2 is 1.70 bits per heavy atom. The molecular weight excluding hydrogens is 246 g/mol. The first-order chi connectivity index (χ1) is 9.44. The summed E-state index contributed by atoms with van der Waals surface area (Å²) in [5, 5.41) is 3.53. The van der Waals surface area contributed by atoms with Crippen molar-refractivity contribution in [3.05, 3.63) is 12.2 Å². The summed E-state index contributed by atoms with van der Waals surface area (Å²) in [7, 11) is 0. The van der Waals surface area contributed by atoms with Crippen LogP contribution in [-0.2, 0) is 0 Å². The lowest BCUT2D eigenvalue weighted by Gasteiger charge is -2.38. The minimum atomic E-state index is 0.185. The van der Waals surface area contributed by atoms with Gasteiger partial charge in [-0.05, 0) is 39.2 Å². The fourth-order valence-corrected chi connectivity index (χ4v) is 3.32. The summed E-state index contributed by atoms with van der Waals surface area (Å²) in [5.74, 6) is 0. The van der Waals surface area contributed by atoms with Crippen molar-refractivity contribution in [1.82, 2.24) is 15.1 Å². The molecule has 3 heteroatoms. The lowest BCUT2D eigenvalue weighted by molar-refractivity contribution is 0.103. The number of nitrogens with one attached hydrogen (secondary N) is 1. The summed E-state index contributed by atoms with van der Waals surface area (Å²) < 4.78 is 0. The van der Waals surface area contributed by atoms with E-state index < -0.39 is 0 Å². The third-order valence-electron chi connectivity index (χ3n) is 4.56. The molecule has 1 saturated heterocycles. The minimum absolute atomic E-state index is 0.185. The molecule has 1 aliphatic carbocycles. The average Bonchev–Trinajstić information content (AvgIpc) is 2.90. The molecule has 1 saturated carbocycles. The van der Waals surface area contributed by atoms with E-state index in [9.17, 15) is 0 Å². The van der Waals surface area contributed by atoms with Crippen LogP contribution in [0.2, 0.25) is 0 Å². The second-order valence-corrected chi connectivity index (χ2v) is 7.60. The van der Waals surface area contributed by atoms with Gasteiger partial charge in [0.2, 0.25) is 0 Å². The standard InChI is InChI=1S/C17H33N3/c1-15(13-18-17(2,3)4)14-19-9-11-20(12-10-19)16-7-5-6-8-16/h16,18H,1,5-14H2,2-4H3. The molecule has 0 bridgehead atoms. The van der Waals surface area contributed by atoms with Crippen molar-refractivity contribution in [3.8, 4) is 0 Å². The summed E-state index contributed by atoms with van der Waals surface area (Å²) in [6, 6.07) is 0.892. The number of nitrogens with zero attached hydrogens (tertiary/aromatic N) is 2. The van der Waals surface area contributed by atoms with Crippen LogP contribution in [0.3, 0.4) is 0 Å². The van der Waals surface area contributed by atoms with E-state index in [0.29, 0.717) is 0 Å². The van der Waals surface area contributed by atoms with Crippen LogP contribution in [0.5, 0.6) is 0 Å². The fraction of sp³-hybridized carbons (Fsp3) is 0.882. The molecule has 20 heavy (non-hydrogen) atoms. The third kappa shape index (κ3) is 5.19. The Labute approximate surface area is 125 Å². The van der Waals surface area contributed by atoms with Crippen molar-refractivity contribution in [3.63, 3.8) is 0 Å². The lowest BCUT2D eigenvalue weighted by atomic mass is 10.1. The van der Waals surface area contributed by atoms with Gasteiger partial charge in [0, 0.05) is 50.8 Å². The van der Waals surface area contributed by atoms with E-state index in [0.717, 1.165) is 19.1 Å². The summed E-state index contributed by atoms with van der Waals surface area (Å²) in [4.78, 5) is 5.29. The van der Waals surface area contributed by atoms with E-state index in [2.05, 4.69) is 42.5 Å². The van der Waals surface area contributed by atoms with Gasteiger partial charge in [-0.3, -0.25) is 9.80 Å². The first kappa shape index (κ1) is 16.0. The third-order valence-corrected chi connectivity index (χ3v) is 4.56. The largest absolute Gasteiger partial charge is 0.308 e. The molecule has 0 amide bonds. The molecule has 2 rings (SSSR count). The van der Waals surface area contributed by atoms with Gasteiger partial charge < -0.3 is 5.32 Å². The number of rotatable bonds is 5. The Hall–Kier alpha value is -0.380. The van der Waals surface area contributed by atoms with E-state index in [4.69, 9.17) is 0 Å². The molecule has 116 valence electrons. The van der Waals surface area contributed by atoms with Gasteiger partial charge in [-0.1, -0.05) is 19.4 Å². The highest BCUT2D eigenvalue weighted by Crippen LogP contribution is 2.24. The van der Waals surface area contributed by atoms with Crippen molar-refractivity contribution < 1.29 is 0 Å². The fourth-order valence-electron chi connectivity index (χ4n) is 3.32. The van der Waals surface area contributed by atoms with E-state index in [-0.39, 0.29) is 5.54 Å². The van der Waals surface area contributed by atoms with Crippen LogP contribution in [0.4, 0.5) is 0 Å². The van der Waals surface area contributed by atoms with Crippen molar-refractivity contribution in [2.45, 2.75) is 58.0 Å². The molecule has 0 atom stereocenters. The summed E-state index contributed by atoms with van der Waals surface area (Å²) in [5.41, 5.74) is 1.50. The van der Waals surface area contributed by atoms with Gasteiger partial charge in [0.1, 0.15) is 0 Å². The van der Waals surface area contributed by atoms with Crippen LogP contribution in [0.25, 0.3) is 0 Å². The van der Waals surface area contributed by atoms with Crippen LogP contribution < -0.4 is 5.32 Å². The molecule has 2 aliphatic rings. The lowest BCUT2D eigenvalue weighted by Crippen LogP contribution is -2.50. The Bertz CT molecular complexity index is 305. The maximum Gasteiger partial charge on any atom is 0.0203 e. The molecule has 0 unspecified atom stereocenters. The number of hydrogen-bond acceptors (Lipinski definition) is 3. The Morgan fingerprint density at radius 3 is 2.25 bits per heavy atom. The number of hydrogen-bond donors (Lipinski definition) is 1. The van der Waals surface area contributed by atoms with Gasteiger partial charge in [-0.15, -0.1) is 0 Å². The molecule has 1 N–H and O–H groups in total. The molecule has 0 aromatic heterocycles. The highest BCUT2D eigenvalue weighted by molar-refractivity contribution is 5.02. The van der Waals surface area contributed by atoms with Crippen molar-refractivity contribution in [1.29, 1.82) is 0 Å². The summed E-state index contributed by atoms with van der Waals surface area (Å²) >= 11 is 0. The molecule has 0 radical (unpaired) electrons. The zero-order valence-electron chi connectivity index (χ0n) is 13.7. The minimum Gasteiger partial charge on any atom is -0.308 e. The molecule has 0 aromatic carbocycles. The SMILES string of the molecule is C=C(CNC(C)(C)C)CN1CCN(C2CCCC2)CC1. The maximum atomic E-state index is 4.23. The van der Waals surface area contributed by atoms with Crippen LogP contribution in [-0.4, -0.2) is 60.6 Å². The van der Waals surface area contributed by atoms with Crippen molar-refractivity contribution >= 4 is 0 Å². The monoisotopic (exact) mass is 279 g/mol. The first-order valence-electron chi connectivity index (χ1n) is 8.32. The van der Waals surface area contributed by atoms with Gasteiger partial charge in [0.25, 0.3) is 0 Å². The van der Waals surface area contributed by atoms with Crippen molar-refractivity contribution in [2.24, 2.45) is 0 Å². The quantitative estimate of drug-likeness (QED) is 0.780. The van der Waals surface area contributed by atoms with E-state index in [1.165, 1.54) is 57.4 Å². The zero-order chi connectivity index (χ0) is 14.6. The van der Waals surface area contributed by atoms with Crippen molar-refractivity contribution in [2.75, 3.05) is 39.3 Å². The van der Waals surface area contributed by atoms with Gasteiger partial charge >= 0.3 is 0 Å². The molecule has 2 fully saturated rings. The molecule has 3 nitrogen and oxygen atoms in total. The Balaban J connectivity index is 1.65. The second-order valence-electron chi connectivity index (χ2n) is 7.60. The number of piperazine rings is 1. The second kappa shape index (κ2) is 7.06. The van der Waals surface area contributed by atoms with Crippen LogP contribution >= 0.6 is 0 Å². The topological polar surface area (TPSA) is 18.5 Å². The summed E-state index contributed by atoms with van der Waals surface area (Å²) in [6.45, 7) is 17.8. The molecule has 0 aromatic rings. The van der Waals surface area contributed by atoms with E-state index >= 15 is 0 Å².